The molecule has 1 saturated carbocycles. The van der Waals surface area contributed by atoms with Gasteiger partial charge in [-0.25, -0.2) is 0 Å². The lowest BCUT2D eigenvalue weighted by Gasteiger charge is -2.22. The molecule has 0 amide bonds. The second-order valence-electron chi connectivity index (χ2n) is 5.53. The van der Waals surface area contributed by atoms with E-state index in [2.05, 4.69) is 35.9 Å². The first-order valence-corrected chi connectivity index (χ1v) is 6.95. The van der Waals surface area contributed by atoms with Crippen LogP contribution in [0.25, 0.3) is 10.9 Å². The van der Waals surface area contributed by atoms with E-state index in [0.717, 1.165) is 25.8 Å². The van der Waals surface area contributed by atoms with Crippen molar-refractivity contribution in [1.29, 1.82) is 0 Å². The molecule has 0 spiro atoms. The second-order valence-corrected chi connectivity index (χ2v) is 5.53. The Morgan fingerprint density at radius 3 is 2.72 bits per heavy atom. The van der Waals surface area contributed by atoms with Crippen LogP contribution in [-0.4, -0.2) is 15.3 Å². The Morgan fingerprint density at radius 2 is 2.00 bits per heavy atom. The van der Waals surface area contributed by atoms with Crippen molar-refractivity contribution in [2.75, 3.05) is 0 Å². The smallest absolute Gasteiger partial charge is 0.0721 e. The lowest BCUT2D eigenvalue weighted by molar-refractivity contribution is 0.430. The highest BCUT2D eigenvalue weighted by Gasteiger charge is 2.31. The van der Waals surface area contributed by atoms with Crippen molar-refractivity contribution in [2.45, 2.75) is 51.1 Å². The molecule has 3 nitrogen and oxygen atoms in total. The number of para-hydroxylation sites is 1. The maximum Gasteiger partial charge on any atom is 0.0721 e. The van der Waals surface area contributed by atoms with E-state index in [0.29, 0.717) is 0 Å². The minimum Gasteiger partial charge on any atom is -0.325 e. The first kappa shape index (κ1) is 11.7. The van der Waals surface area contributed by atoms with Crippen molar-refractivity contribution in [3.63, 3.8) is 0 Å². The topological polar surface area (TPSA) is 43.8 Å². The zero-order valence-corrected chi connectivity index (χ0v) is 11.0. The molecule has 0 saturated heterocycles. The standard InChI is InChI=1S/C15H21N3/c1-2-18-14-8-4-3-7-12(14)13(17-18)11-15(16)9-5-6-10-15/h3-4,7-8H,2,5-6,9-11,16H2,1H3. The van der Waals surface area contributed by atoms with E-state index < -0.39 is 0 Å². The summed E-state index contributed by atoms with van der Waals surface area (Å²) in [4.78, 5) is 0. The number of rotatable bonds is 3. The largest absolute Gasteiger partial charge is 0.325 e. The third-order valence-electron chi connectivity index (χ3n) is 4.15. The van der Waals surface area contributed by atoms with Gasteiger partial charge in [-0.2, -0.15) is 5.10 Å². The van der Waals surface area contributed by atoms with Crippen molar-refractivity contribution in [3.05, 3.63) is 30.0 Å². The highest BCUT2D eigenvalue weighted by atomic mass is 15.3. The Morgan fingerprint density at radius 1 is 1.28 bits per heavy atom. The molecule has 1 aliphatic carbocycles. The van der Waals surface area contributed by atoms with Crippen molar-refractivity contribution in [2.24, 2.45) is 5.73 Å². The van der Waals surface area contributed by atoms with Gasteiger partial charge in [0.05, 0.1) is 11.2 Å². The molecule has 0 bridgehead atoms. The average molecular weight is 243 g/mol. The minimum atomic E-state index is -0.0182. The lowest BCUT2D eigenvalue weighted by atomic mass is 9.92. The van der Waals surface area contributed by atoms with Crippen LogP contribution in [0.1, 0.15) is 38.3 Å². The fourth-order valence-electron chi connectivity index (χ4n) is 3.16. The van der Waals surface area contributed by atoms with Gasteiger partial charge in [-0.3, -0.25) is 4.68 Å². The number of hydrogen-bond acceptors (Lipinski definition) is 2. The molecule has 1 aliphatic rings. The van der Waals surface area contributed by atoms with Crippen LogP contribution in [-0.2, 0) is 13.0 Å². The van der Waals surface area contributed by atoms with E-state index in [1.807, 2.05) is 0 Å². The molecule has 3 rings (SSSR count). The van der Waals surface area contributed by atoms with Gasteiger partial charge in [-0.1, -0.05) is 31.0 Å². The maximum absolute atomic E-state index is 6.48. The maximum atomic E-state index is 6.48. The van der Waals surface area contributed by atoms with Gasteiger partial charge in [0.15, 0.2) is 0 Å². The van der Waals surface area contributed by atoms with Crippen LogP contribution in [0.2, 0.25) is 0 Å². The minimum absolute atomic E-state index is 0.0182. The van der Waals surface area contributed by atoms with Gasteiger partial charge < -0.3 is 5.73 Å². The van der Waals surface area contributed by atoms with Gasteiger partial charge in [0.25, 0.3) is 0 Å². The van der Waals surface area contributed by atoms with Crippen LogP contribution >= 0.6 is 0 Å². The number of nitrogens with two attached hydrogens (primary N) is 1. The molecule has 96 valence electrons. The first-order chi connectivity index (χ1) is 8.72. The van der Waals surface area contributed by atoms with E-state index in [-0.39, 0.29) is 5.54 Å². The van der Waals surface area contributed by atoms with Gasteiger partial charge in [0.2, 0.25) is 0 Å². The quantitative estimate of drug-likeness (QED) is 0.900. The zero-order chi connectivity index (χ0) is 12.6. The SMILES string of the molecule is CCn1nc(CC2(N)CCCC2)c2ccccc21. The number of nitrogens with zero attached hydrogens (tertiary/aromatic N) is 2. The molecule has 1 heterocycles. The van der Waals surface area contributed by atoms with Crippen molar-refractivity contribution in [3.8, 4) is 0 Å². The number of aromatic nitrogens is 2. The third kappa shape index (κ3) is 1.93. The molecule has 1 aromatic carbocycles. The molecule has 0 radical (unpaired) electrons. The summed E-state index contributed by atoms with van der Waals surface area (Å²) in [6.45, 7) is 3.05. The molecule has 18 heavy (non-hydrogen) atoms. The van der Waals surface area contributed by atoms with Crippen molar-refractivity contribution < 1.29 is 0 Å². The summed E-state index contributed by atoms with van der Waals surface area (Å²) in [6, 6.07) is 8.48. The molecule has 2 N–H and O–H groups in total. The number of hydrogen-bond donors (Lipinski definition) is 1. The van der Waals surface area contributed by atoms with E-state index in [4.69, 9.17) is 10.8 Å². The Kier molecular flexibility index (Phi) is 2.86. The van der Waals surface area contributed by atoms with Crippen LogP contribution < -0.4 is 5.73 Å². The molecule has 1 fully saturated rings. The zero-order valence-electron chi connectivity index (χ0n) is 11.0. The van der Waals surface area contributed by atoms with Gasteiger partial charge >= 0.3 is 0 Å². The fourth-order valence-corrected chi connectivity index (χ4v) is 3.16. The van der Waals surface area contributed by atoms with Crippen LogP contribution in [0.3, 0.4) is 0 Å². The fraction of sp³-hybridized carbons (Fsp3) is 0.533. The van der Waals surface area contributed by atoms with E-state index >= 15 is 0 Å². The van der Waals surface area contributed by atoms with E-state index in [1.165, 1.54) is 29.4 Å². The van der Waals surface area contributed by atoms with Crippen LogP contribution in [0, 0.1) is 0 Å². The Hall–Kier alpha value is -1.35. The van der Waals surface area contributed by atoms with Gasteiger partial charge in [0.1, 0.15) is 0 Å². The predicted molar refractivity (Wildman–Crippen MR) is 74.5 cm³/mol. The molecular weight excluding hydrogens is 222 g/mol. The molecule has 0 atom stereocenters. The number of fused-ring (bicyclic) bond motifs is 1. The van der Waals surface area contributed by atoms with E-state index in [9.17, 15) is 0 Å². The Bertz CT molecular complexity index is 550. The normalized spacial score (nSPS) is 18.6. The van der Waals surface area contributed by atoms with E-state index in [1.54, 1.807) is 0 Å². The molecule has 3 heteroatoms. The van der Waals surface area contributed by atoms with Crippen molar-refractivity contribution >= 4 is 10.9 Å². The summed E-state index contributed by atoms with van der Waals surface area (Å²) in [5.41, 5.74) is 8.88. The van der Waals surface area contributed by atoms with Crippen LogP contribution in [0.4, 0.5) is 0 Å². The van der Waals surface area contributed by atoms with Crippen LogP contribution in [0.5, 0.6) is 0 Å². The molecule has 2 aromatic rings. The summed E-state index contributed by atoms with van der Waals surface area (Å²) in [5.74, 6) is 0. The third-order valence-corrected chi connectivity index (χ3v) is 4.15. The Labute approximate surface area is 108 Å². The summed E-state index contributed by atoms with van der Waals surface area (Å²) in [6.07, 6.45) is 5.73. The van der Waals surface area contributed by atoms with Crippen LogP contribution in [0.15, 0.2) is 24.3 Å². The second kappa shape index (κ2) is 4.39. The average Bonchev–Trinajstić information content (AvgIpc) is 2.95. The highest BCUT2D eigenvalue weighted by Crippen LogP contribution is 2.32. The summed E-state index contributed by atoms with van der Waals surface area (Å²) in [5, 5.41) is 6.03. The molecule has 0 aliphatic heterocycles. The number of benzene rings is 1. The summed E-state index contributed by atoms with van der Waals surface area (Å²) < 4.78 is 2.09. The monoisotopic (exact) mass is 243 g/mol. The molecular formula is C15H21N3. The number of aryl methyl sites for hydroxylation is 1. The van der Waals surface area contributed by atoms with Gasteiger partial charge in [-0.15, -0.1) is 0 Å². The van der Waals surface area contributed by atoms with Gasteiger partial charge in [-0.05, 0) is 25.8 Å². The summed E-state index contributed by atoms with van der Waals surface area (Å²) in [7, 11) is 0. The molecule has 1 aromatic heterocycles. The lowest BCUT2D eigenvalue weighted by Crippen LogP contribution is -2.38. The Balaban J connectivity index is 2.01. The highest BCUT2D eigenvalue weighted by molar-refractivity contribution is 5.82. The summed E-state index contributed by atoms with van der Waals surface area (Å²) >= 11 is 0. The van der Waals surface area contributed by atoms with Gasteiger partial charge in [0, 0.05) is 23.9 Å². The predicted octanol–water partition coefficient (Wildman–Crippen LogP) is 2.87. The molecule has 0 unspecified atom stereocenters. The first-order valence-electron chi connectivity index (χ1n) is 6.95. The van der Waals surface area contributed by atoms with Crippen molar-refractivity contribution in [1.82, 2.24) is 9.78 Å².